The summed E-state index contributed by atoms with van der Waals surface area (Å²) in [4.78, 5) is 21.0. The van der Waals surface area contributed by atoms with Crippen LogP contribution in [0.2, 0.25) is 0 Å². The van der Waals surface area contributed by atoms with E-state index in [9.17, 15) is 4.79 Å². The third-order valence-electron chi connectivity index (χ3n) is 8.08. The smallest absolute Gasteiger partial charge is 0.270 e. The second kappa shape index (κ2) is 10.8. The lowest BCUT2D eigenvalue weighted by Gasteiger charge is -2.36. The van der Waals surface area contributed by atoms with Crippen LogP contribution >= 0.6 is 0 Å². The first-order valence-electron chi connectivity index (χ1n) is 14.0. The fourth-order valence-corrected chi connectivity index (χ4v) is 5.85. The van der Waals surface area contributed by atoms with Gasteiger partial charge >= 0.3 is 0 Å². The zero-order chi connectivity index (χ0) is 28.7. The number of hydrogen-bond donors (Lipinski definition) is 1. The predicted molar refractivity (Wildman–Crippen MR) is 163 cm³/mol. The quantitative estimate of drug-likeness (QED) is 0.242. The Kier molecular flexibility index (Phi) is 7.03. The van der Waals surface area contributed by atoms with E-state index in [2.05, 4.69) is 34.1 Å². The van der Waals surface area contributed by atoms with Crippen LogP contribution in [0, 0.1) is 5.82 Å². The van der Waals surface area contributed by atoms with E-state index in [1.165, 1.54) is 0 Å². The lowest BCUT2D eigenvalue weighted by Crippen LogP contribution is -2.49. The van der Waals surface area contributed by atoms with Crippen molar-refractivity contribution in [3.63, 3.8) is 0 Å². The number of carbonyl (C=O) groups excluding carboxylic acids is 1. The SMILES string of the molecule is COc1ccccc1-c1cc(C(C)C)c(F)c2[nH]c(C(=O)N3CCN(c4cc5ccccc5cc4OC)CC3)cc12. The number of para-hydroxylation sites is 1. The molecule has 1 aromatic heterocycles. The van der Waals surface area contributed by atoms with Gasteiger partial charge in [0.05, 0.1) is 25.4 Å². The molecule has 1 aliphatic rings. The standard InChI is InChI=1S/C34H34FN3O3/c1-21(2)25-19-26(24-11-7-8-12-30(24)40-3)27-20-28(36-33(27)32(25)35)34(39)38-15-13-37(14-16-38)29-17-22-9-5-6-10-23(22)18-31(29)41-4/h5-12,17-21,36H,13-16H2,1-4H3. The minimum absolute atomic E-state index is 0.0320. The van der Waals surface area contributed by atoms with E-state index < -0.39 is 0 Å². The van der Waals surface area contributed by atoms with Crippen LogP contribution in [0.3, 0.4) is 0 Å². The average molecular weight is 552 g/mol. The second-order valence-corrected chi connectivity index (χ2v) is 10.8. The van der Waals surface area contributed by atoms with Crippen molar-refractivity contribution in [2.75, 3.05) is 45.3 Å². The van der Waals surface area contributed by atoms with E-state index >= 15 is 4.39 Å². The van der Waals surface area contributed by atoms with Crippen LogP contribution in [0.15, 0.2) is 72.8 Å². The lowest BCUT2D eigenvalue weighted by atomic mass is 9.93. The third-order valence-corrected chi connectivity index (χ3v) is 8.08. The molecule has 210 valence electrons. The summed E-state index contributed by atoms with van der Waals surface area (Å²) in [7, 11) is 3.31. The molecule has 6 rings (SSSR count). The fourth-order valence-electron chi connectivity index (χ4n) is 5.85. The van der Waals surface area contributed by atoms with Crippen LogP contribution < -0.4 is 14.4 Å². The maximum absolute atomic E-state index is 15.7. The molecule has 1 fully saturated rings. The van der Waals surface area contributed by atoms with Crippen LogP contribution in [0.5, 0.6) is 11.5 Å². The number of amides is 1. The number of aromatic nitrogens is 1. The van der Waals surface area contributed by atoms with Crippen molar-refractivity contribution in [1.82, 2.24) is 9.88 Å². The number of nitrogens with zero attached hydrogens (tertiary/aromatic N) is 2. The molecule has 1 saturated heterocycles. The number of piperazine rings is 1. The highest BCUT2D eigenvalue weighted by molar-refractivity contribution is 6.04. The maximum Gasteiger partial charge on any atom is 0.270 e. The van der Waals surface area contributed by atoms with Gasteiger partial charge in [0.15, 0.2) is 5.82 Å². The highest BCUT2D eigenvalue weighted by atomic mass is 19.1. The van der Waals surface area contributed by atoms with Crippen LogP contribution in [0.1, 0.15) is 35.8 Å². The van der Waals surface area contributed by atoms with E-state index in [1.54, 1.807) is 20.3 Å². The van der Waals surface area contributed by atoms with E-state index in [-0.39, 0.29) is 17.6 Å². The Bertz CT molecular complexity index is 1750. The van der Waals surface area contributed by atoms with Gasteiger partial charge in [-0.3, -0.25) is 4.79 Å². The van der Waals surface area contributed by atoms with Gasteiger partial charge in [-0.15, -0.1) is 0 Å². The van der Waals surface area contributed by atoms with Gasteiger partial charge in [-0.2, -0.15) is 0 Å². The monoisotopic (exact) mass is 551 g/mol. The van der Waals surface area contributed by atoms with E-state index in [4.69, 9.17) is 9.47 Å². The number of H-pyrrole nitrogens is 1. The number of methoxy groups -OCH3 is 2. The molecule has 41 heavy (non-hydrogen) atoms. The summed E-state index contributed by atoms with van der Waals surface area (Å²) in [5, 5.41) is 2.94. The molecule has 0 saturated carbocycles. The number of benzene rings is 4. The molecule has 0 bridgehead atoms. The molecule has 0 radical (unpaired) electrons. The molecule has 0 aliphatic carbocycles. The number of rotatable bonds is 6. The summed E-state index contributed by atoms with van der Waals surface area (Å²) in [6, 6.07) is 23.8. The molecular weight excluding hydrogens is 517 g/mol. The van der Waals surface area contributed by atoms with Crippen LogP contribution in [0.25, 0.3) is 32.8 Å². The number of ether oxygens (including phenoxy) is 2. The minimum atomic E-state index is -0.319. The van der Waals surface area contributed by atoms with Gasteiger partial charge in [-0.1, -0.05) is 56.3 Å². The predicted octanol–water partition coefficient (Wildman–Crippen LogP) is 7.23. The van der Waals surface area contributed by atoms with Crippen LogP contribution in [0.4, 0.5) is 10.1 Å². The Morgan fingerprint density at radius 3 is 2.17 bits per heavy atom. The lowest BCUT2D eigenvalue weighted by molar-refractivity contribution is 0.0741. The van der Waals surface area contributed by atoms with Gasteiger partial charge in [-0.05, 0) is 58.1 Å². The number of anilines is 1. The van der Waals surface area contributed by atoms with E-state index in [0.717, 1.165) is 33.3 Å². The van der Waals surface area contributed by atoms with Gasteiger partial charge in [0.1, 0.15) is 17.2 Å². The molecule has 0 spiro atoms. The van der Waals surface area contributed by atoms with Gasteiger partial charge in [-0.25, -0.2) is 4.39 Å². The summed E-state index contributed by atoms with van der Waals surface area (Å²) >= 11 is 0. The first kappa shape index (κ1) is 26.7. The van der Waals surface area contributed by atoms with Crippen LogP contribution in [-0.2, 0) is 0 Å². The van der Waals surface area contributed by atoms with Crippen molar-refractivity contribution in [1.29, 1.82) is 0 Å². The number of nitrogens with one attached hydrogen (secondary N) is 1. The number of carbonyl (C=O) groups is 1. The highest BCUT2D eigenvalue weighted by Crippen LogP contribution is 2.40. The Balaban J connectivity index is 1.30. The van der Waals surface area contributed by atoms with Gasteiger partial charge < -0.3 is 24.3 Å². The van der Waals surface area contributed by atoms with Crippen molar-refractivity contribution in [2.24, 2.45) is 0 Å². The molecule has 0 atom stereocenters. The molecular formula is C34H34FN3O3. The van der Waals surface area contributed by atoms with Crippen molar-refractivity contribution >= 4 is 33.3 Å². The van der Waals surface area contributed by atoms with Gasteiger partial charge in [0.25, 0.3) is 5.91 Å². The third kappa shape index (κ3) is 4.75. The topological polar surface area (TPSA) is 57.8 Å². The summed E-state index contributed by atoms with van der Waals surface area (Å²) < 4.78 is 27.1. The molecule has 7 heteroatoms. The molecule has 0 unspecified atom stereocenters. The summed E-state index contributed by atoms with van der Waals surface area (Å²) in [6.07, 6.45) is 0. The number of fused-ring (bicyclic) bond motifs is 2. The summed E-state index contributed by atoms with van der Waals surface area (Å²) in [6.45, 7) is 6.36. The zero-order valence-corrected chi connectivity index (χ0v) is 23.8. The first-order chi connectivity index (χ1) is 19.9. The largest absolute Gasteiger partial charge is 0.496 e. The minimum Gasteiger partial charge on any atom is -0.496 e. The second-order valence-electron chi connectivity index (χ2n) is 10.8. The van der Waals surface area contributed by atoms with Crippen LogP contribution in [-0.4, -0.2) is 56.2 Å². The Morgan fingerprint density at radius 1 is 0.829 bits per heavy atom. The normalized spacial score (nSPS) is 13.8. The van der Waals surface area contributed by atoms with Crippen molar-refractivity contribution in [3.05, 3.63) is 89.9 Å². The van der Waals surface area contributed by atoms with Gasteiger partial charge in [0.2, 0.25) is 0 Å². The van der Waals surface area contributed by atoms with E-state index in [0.29, 0.717) is 54.1 Å². The van der Waals surface area contributed by atoms with E-state index in [1.807, 2.05) is 61.2 Å². The van der Waals surface area contributed by atoms with Gasteiger partial charge in [0, 0.05) is 37.1 Å². The maximum atomic E-state index is 15.7. The molecule has 1 amide bonds. The Hall–Kier alpha value is -4.52. The highest BCUT2D eigenvalue weighted by Gasteiger charge is 2.27. The molecule has 4 aromatic carbocycles. The van der Waals surface area contributed by atoms with Crippen molar-refractivity contribution < 1.29 is 18.7 Å². The number of aromatic amines is 1. The number of halogens is 1. The zero-order valence-electron chi connectivity index (χ0n) is 23.8. The average Bonchev–Trinajstić information content (AvgIpc) is 3.46. The Labute approximate surface area is 239 Å². The number of hydrogen-bond acceptors (Lipinski definition) is 4. The molecule has 2 heterocycles. The molecule has 1 N–H and O–H groups in total. The van der Waals surface area contributed by atoms with Crippen molar-refractivity contribution in [2.45, 2.75) is 19.8 Å². The first-order valence-corrected chi connectivity index (χ1v) is 14.0. The molecule has 5 aromatic rings. The van der Waals surface area contributed by atoms with Crippen molar-refractivity contribution in [3.8, 4) is 22.6 Å². The molecule has 6 nitrogen and oxygen atoms in total. The molecule has 1 aliphatic heterocycles. The summed E-state index contributed by atoms with van der Waals surface area (Å²) in [5.74, 6) is 1.03. The summed E-state index contributed by atoms with van der Waals surface area (Å²) in [5.41, 5.74) is 4.04. The Morgan fingerprint density at radius 2 is 1.49 bits per heavy atom. The fraction of sp³-hybridized carbons (Fsp3) is 0.265.